The van der Waals surface area contributed by atoms with Gasteiger partial charge in [0.25, 0.3) is 0 Å². The molecule has 0 bridgehead atoms. The first-order chi connectivity index (χ1) is 4.83. The van der Waals surface area contributed by atoms with Crippen molar-refractivity contribution in [3.05, 3.63) is 12.3 Å². The Morgan fingerprint density at radius 1 is 1.60 bits per heavy atom. The van der Waals surface area contributed by atoms with E-state index in [2.05, 4.69) is 31.0 Å². The van der Waals surface area contributed by atoms with E-state index in [1.807, 2.05) is 0 Å². The van der Waals surface area contributed by atoms with E-state index >= 15 is 0 Å². The molecule has 0 aromatic heterocycles. The minimum Gasteiger partial charge on any atom is -0.377 e. The first-order valence-electron chi connectivity index (χ1n) is 4.23. The smallest absolute Gasteiger partial charge is 0.0198 e. The fourth-order valence-electron chi connectivity index (χ4n) is 1.36. The average Bonchev–Trinajstić information content (AvgIpc) is 2.31. The fraction of sp³-hybridized carbons (Fsp3) is 0.778. The van der Waals surface area contributed by atoms with Gasteiger partial charge in [-0.2, -0.15) is 0 Å². The monoisotopic (exact) mass is 139 g/mol. The Bertz CT molecular complexity index is 118. The van der Waals surface area contributed by atoms with E-state index in [1.54, 1.807) is 0 Å². The summed E-state index contributed by atoms with van der Waals surface area (Å²) < 4.78 is 0. The lowest BCUT2D eigenvalue weighted by atomic mass is 10.2. The van der Waals surface area contributed by atoms with Crippen LogP contribution in [0.1, 0.15) is 26.7 Å². The normalized spacial score (nSPS) is 26.6. The average molecular weight is 139 g/mol. The van der Waals surface area contributed by atoms with Crippen molar-refractivity contribution in [1.29, 1.82) is 0 Å². The van der Waals surface area contributed by atoms with Crippen LogP contribution < -0.4 is 0 Å². The van der Waals surface area contributed by atoms with E-state index in [0.717, 1.165) is 12.3 Å². The molecule has 0 aliphatic carbocycles. The molecule has 1 heterocycles. The largest absolute Gasteiger partial charge is 0.377 e. The van der Waals surface area contributed by atoms with E-state index in [4.69, 9.17) is 0 Å². The van der Waals surface area contributed by atoms with Crippen molar-refractivity contribution in [1.82, 2.24) is 4.90 Å². The lowest BCUT2D eigenvalue weighted by molar-refractivity contribution is 0.447. The second kappa shape index (κ2) is 3.65. The molecule has 10 heavy (non-hydrogen) atoms. The molecule has 1 atom stereocenters. The zero-order valence-corrected chi connectivity index (χ0v) is 7.01. The van der Waals surface area contributed by atoms with Gasteiger partial charge in [0.2, 0.25) is 0 Å². The number of allylic oxidation sites excluding steroid dienone is 1. The van der Waals surface area contributed by atoms with Gasteiger partial charge in [0.1, 0.15) is 0 Å². The van der Waals surface area contributed by atoms with Crippen LogP contribution in [0.25, 0.3) is 0 Å². The van der Waals surface area contributed by atoms with Crippen molar-refractivity contribution >= 4 is 0 Å². The van der Waals surface area contributed by atoms with Gasteiger partial charge in [0.05, 0.1) is 0 Å². The number of likely N-dealkylation sites (tertiary alicyclic amines) is 1. The molecule has 1 aliphatic rings. The molecule has 58 valence electrons. The molecule has 1 nitrogen and oxygen atoms in total. The molecule has 1 saturated heterocycles. The van der Waals surface area contributed by atoms with Gasteiger partial charge >= 0.3 is 0 Å². The van der Waals surface area contributed by atoms with Crippen LogP contribution in [0.4, 0.5) is 0 Å². The number of rotatable bonds is 2. The molecule has 0 N–H and O–H groups in total. The first-order valence-corrected chi connectivity index (χ1v) is 4.23. The minimum atomic E-state index is 0.904. The maximum atomic E-state index is 2.41. The van der Waals surface area contributed by atoms with E-state index in [0.29, 0.717) is 0 Å². The van der Waals surface area contributed by atoms with Gasteiger partial charge < -0.3 is 4.90 Å². The number of hydrogen-bond acceptors (Lipinski definition) is 1. The SMILES string of the molecule is CCC=CN1CCC(C)C1. The maximum Gasteiger partial charge on any atom is 0.0198 e. The van der Waals surface area contributed by atoms with Crippen molar-refractivity contribution in [3.8, 4) is 0 Å². The van der Waals surface area contributed by atoms with Crippen molar-refractivity contribution in [2.24, 2.45) is 5.92 Å². The first kappa shape index (κ1) is 7.64. The molecule has 1 fully saturated rings. The Balaban J connectivity index is 2.24. The van der Waals surface area contributed by atoms with Crippen molar-refractivity contribution in [3.63, 3.8) is 0 Å². The molecule has 0 aromatic carbocycles. The molecule has 0 radical (unpaired) electrons. The molecule has 0 spiro atoms. The Morgan fingerprint density at radius 2 is 2.40 bits per heavy atom. The third kappa shape index (κ3) is 2.05. The van der Waals surface area contributed by atoms with Gasteiger partial charge in [0, 0.05) is 13.1 Å². The number of hydrogen-bond donors (Lipinski definition) is 0. The molecule has 0 aromatic rings. The van der Waals surface area contributed by atoms with Gasteiger partial charge in [-0.15, -0.1) is 0 Å². The van der Waals surface area contributed by atoms with E-state index < -0.39 is 0 Å². The topological polar surface area (TPSA) is 3.24 Å². The van der Waals surface area contributed by atoms with Gasteiger partial charge in [-0.1, -0.05) is 19.9 Å². The fourth-order valence-corrected chi connectivity index (χ4v) is 1.36. The summed E-state index contributed by atoms with van der Waals surface area (Å²) in [5.74, 6) is 0.904. The van der Waals surface area contributed by atoms with Crippen LogP contribution in [0.5, 0.6) is 0 Å². The summed E-state index contributed by atoms with van der Waals surface area (Å²) in [5.41, 5.74) is 0. The van der Waals surface area contributed by atoms with Crippen molar-refractivity contribution in [2.45, 2.75) is 26.7 Å². The molecule has 1 rings (SSSR count). The summed E-state index contributed by atoms with van der Waals surface area (Å²) in [6, 6.07) is 0. The van der Waals surface area contributed by atoms with Gasteiger partial charge in [-0.3, -0.25) is 0 Å². The highest BCUT2D eigenvalue weighted by molar-refractivity contribution is 4.85. The van der Waals surface area contributed by atoms with Crippen molar-refractivity contribution < 1.29 is 0 Å². The summed E-state index contributed by atoms with van der Waals surface area (Å²) in [7, 11) is 0. The second-order valence-corrected chi connectivity index (χ2v) is 3.18. The van der Waals surface area contributed by atoms with Crippen LogP contribution >= 0.6 is 0 Å². The zero-order valence-electron chi connectivity index (χ0n) is 7.01. The van der Waals surface area contributed by atoms with Crippen LogP contribution in [0.3, 0.4) is 0 Å². The quantitative estimate of drug-likeness (QED) is 0.567. The van der Waals surface area contributed by atoms with Gasteiger partial charge in [0.15, 0.2) is 0 Å². The van der Waals surface area contributed by atoms with Crippen molar-refractivity contribution in [2.75, 3.05) is 13.1 Å². The zero-order chi connectivity index (χ0) is 7.40. The van der Waals surface area contributed by atoms with Crippen LogP contribution in [0.2, 0.25) is 0 Å². The van der Waals surface area contributed by atoms with Crippen LogP contribution in [0.15, 0.2) is 12.3 Å². The van der Waals surface area contributed by atoms with Crippen LogP contribution in [0, 0.1) is 5.92 Å². The predicted molar refractivity (Wildman–Crippen MR) is 44.8 cm³/mol. The van der Waals surface area contributed by atoms with Crippen LogP contribution in [-0.2, 0) is 0 Å². The summed E-state index contributed by atoms with van der Waals surface area (Å²) in [6.45, 7) is 7.02. The summed E-state index contributed by atoms with van der Waals surface area (Å²) in [5, 5.41) is 0. The van der Waals surface area contributed by atoms with Gasteiger partial charge in [-0.25, -0.2) is 0 Å². The standard InChI is InChI=1S/C9H17N/c1-3-4-6-10-7-5-9(2)8-10/h4,6,9H,3,5,7-8H2,1-2H3. The Kier molecular flexibility index (Phi) is 2.79. The minimum absolute atomic E-state index is 0.904. The molecule has 1 aliphatic heterocycles. The van der Waals surface area contributed by atoms with E-state index in [-0.39, 0.29) is 0 Å². The summed E-state index contributed by atoms with van der Waals surface area (Å²) >= 11 is 0. The highest BCUT2D eigenvalue weighted by Crippen LogP contribution is 2.14. The molecular formula is C9H17N. The molecular weight excluding hydrogens is 122 g/mol. The Labute approximate surface area is 63.7 Å². The molecule has 1 heteroatoms. The second-order valence-electron chi connectivity index (χ2n) is 3.18. The highest BCUT2D eigenvalue weighted by Gasteiger charge is 2.14. The summed E-state index contributed by atoms with van der Waals surface area (Å²) in [6.07, 6.45) is 7.00. The van der Waals surface area contributed by atoms with Gasteiger partial charge in [-0.05, 0) is 25.0 Å². The predicted octanol–water partition coefficient (Wildman–Crippen LogP) is 2.25. The third-order valence-corrected chi connectivity index (χ3v) is 2.01. The summed E-state index contributed by atoms with van der Waals surface area (Å²) in [4.78, 5) is 2.41. The highest BCUT2D eigenvalue weighted by atomic mass is 15.1. The molecule has 0 saturated carbocycles. The Morgan fingerprint density at radius 3 is 2.90 bits per heavy atom. The molecule has 1 unspecified atom stereocenters. The molecule has 0 amide bonds. The lowest BCUT2D eigenvalue weighted by Gasteiger charge is -2.10. The number of nitrogens with zero attached hydrogens (tertiary/aromatic N) is 1. The Hall–Kier alpha value is -0.460. The van der Waals surface area contributed by atoms with Crippen LogP contribution in [-0.4, -0.2) is 18.0 Å². The third-order valence-electron chi connectivity index (χ3n) is 2.01. The lowest BCUT2D eigenvalue weighted by Crippen LogP contribution is -2.11. The van der Waals surface area contributed by atoms with E-state index in [9.17, 15) is 0 Å². The van der Waals surface area contributed by atoms with E-state index in [1.165, 1.54) is 19.5 Å². The maximum absolute atomic E-state index is 2.41.